The molecule has 0 bridgehead atoms. The van der Waals surface area contributed by atoms with Gasteiger partial charge in [0.15, 0.2) is 5.65 Å². The van der Waals surface area contributed by atoms with Crippen LogP contribution >= 0.6 is 0 Å². The molecule has 106 valence electrons. The fourth-order valence-electron chi connectivity index (χ4n) is 2.19. The van der Waals surface area contributed by atoms with Gasteiger partial charge in [0.25, 0.3) is 0 Å². The Morgan fingerprint density at radius 1 is 0.864 bits per heavy atom. The van der Waals surface area contributed by atoms with Crippen molar-refractivity contribution in [3.05, 3.63) is 67.5 Å². The van der Waals surface area contributed by atoms with Crippen molar-refractivity contribution in [3.63, 3.8) is 0 Å². The molecule has 0 saturated carbocycles. The highest BCUT2D eigenvalue weighted by Crippen LogP contribution is 2.24. The minimum atomic E-state index is 0.330. The van der Waals surface area contributed by atoms with Gasteiger partial charge in [0, 0.05) is 30.4 Å². The quantitative estimate of drug-likeness (QED) is 0.580. The van der Waals surface area contributed by atoms with Gasteiger partial charge in [-0.3, -0.25) is 9.38 Å². The molecule has 0 aliphatic rings. The van der Waals surface area contributed by atoms with Gasteiger partial charge in [-0.2, -0.15) is 0 Å². The molecule has 3 heterocycles. The Labute approximate surface area is 126 Å². The lowest BCUT2D eigenvalue weighted by Gasteiger charge is -2.05. The Kier molecular flexibility index (Phi) is 2.97. The summed E-state index contributed by atoms with van der Waals surface area (Å²) in [6.07, 6.45) is 10.5. The Bertz CT molecular complexity index is 903. The van der Waals surface area contributed by atoms with E-state index in [0.29, 0.717) is 11.8 Å². The number of hydrogen-bond acceptors (Lipinski definition) is 5. The highest BCUT2D eigenvalue weighted by Gasteiger charge is 2.06. The maximum absolute atomic E-state index is 5.58. The van der Waals surface area contributed by atoms with Gasteiger partial charge < -0.3 is 4.74 Å². The van der Waals surface area contributed by atoms with Crippen molar-refractivity contribution in [3.8, 4) is 23.0 Å². The van der Waals surface area contributed by atoms with Gasteiger partial charge in [0.1, 0.15) is 5.75 Å². The van der Waals surface area contributed by atoms with Crippen molar-refractivity contribution < 1.29 is 4.74 Å². The van der Waals surface area contributed by atoms with Gasteiger partial charge >= 0.3 is 6.01 Å². The van der Waals surface area contributed by atoms with Crippen LogP contribution in [-0.4, -0.2) is 24.3 Å². The van der Waals surface area contributed by atoms with Gasteiger partial charge in [-0.05, 0) is 30.3 Å². The fourth-order valence-corrected chi connectivity index (χ4v) is 2.19. The van der Waals surface area contributed by atoms with Crippen molar-refractivity contribution in [2.24, 2.45) is 0 Å². The average Bonchev–Trinajstić information content (AvgIpc) is 3.01. The van der Waals surface area contributed by atoms with Gasteiger partial charge in [0.2, 0.25) is 0 Å². The molecule has 0 saturated heterocycles. The Morgan fingerprint density at radius 2 is 1.68 bits per heavy atom. The van der Waals surface area contributed by atoms with Crippen LogP contribution in [0.3, 0.4) is 0 Å². The van der Waals surface area contributed by atoms with E-state index in [1.54, 1.807) is 30.9 Å². The Hall–Kier alpha value is -3.28. The lowest BCUT2D eigenvalue weighted by molar-refractivity contribution is 0.442. The number of benzene rings is 1. The third-order valence-corrected chi connectivity index (χ3v) is 3.22. The summed E-state index contributed by atoms with van der Waals surface area (Å²) in [7, 11) is 0. The molecule has 0 atom stereocenters. The van der Waals surface area contributed by atoms with Crippen molar-refractivity contribution in [1.29, 1.82) is 0 Å². The third-order valence-electron chi connectivity index (χ3n) is 3.22. The van der Waals surface area contributed by atoms with E-state index < -0.39 is 0 Å². The maximum Gasteiger partial charge on any atom is 0.321 e. The van der Waals surface area contributed by atoms with Crippen LogP contribution in [0, 0.1) is 0 Å². The first kappa shape index (κ1) is 12.5. The normalized spacial score (nSPS) is 10.7. The highest BCUT2D eigenvalue weighted by atomic mass is 16.5. The van der Waals surface area contributed by atoms with Gasteiger partial charge in [0.05, 0.1) is 18.1 Å². The zero-order valence-electron chi connectivity index (χ0n) is 11.5. The van der Waals surface area contributed by atoms with Crippen LogP contribution in [0.5, 0.6) is 11.8 Å². The van der Waals surface area contributed by atoms with Crippen molar-refractivity contribution in [2.45, 2.75) is 0 Å². The molecule has 0 aliphatic heterocycles. The van der Waals surface area contributed by atoms with E-state index in [4.69, 9.17) is 4.74 Å². The molecule has 4 rings (SSSR count). The first-order valence-corrected chi connectivity index (χ1v) is 6.72. The summed E-state index contributed by atoms with van der Waals surface area (Å²) < 4.78 is 7.57. The second-order valence-electron chi connectivity index (χ2n) is 4.61. The number of hydrogen-bond donors (Lipinski definition) is 0. The van der Waals surface area contributed by atoms with Gasteiger partial charge in [-0.15, -0.1) is 0 Å². The molecule has 1 aromatic carbocycles. The van der Waals surface area contributed by atoms with E-state index in [9.17, 15) is 0 Å². The molecule has 4 aromatic rings. The van der Waals surface area contributed by atoms with E-state index in [1.807, 2.05) is 41.1 Å². The van der Waals surface area contributed by atoms with Gasteiger partial charge in [-0.1, -0.05) is 0 Å². The molecule has 22 heavy (non-hydrogen) atoms. The van der Waals surface area contributed by atoms with Crippen LogP contribution in [0.15, 0.2) is 67.5 Å². The van der Waals surface area contributed by atoms with Crippen molar-refractivity contribution in [1.82, 2.24) is 24.3 Å². The number of imidazole rings is 1. The number of fused-ring (bicyclic) bond motifs is 1. The van der Waals surface area contributed by atoms with E-state index in [1.165, 1.54) is 0 Å². The maximum atomic E-state index is 5.58. The first-order valence-electron chi connectivity index (χ1n) is 6.72. The summed E-state index contributed by atoms with van der Waals surface area (Å²) in [6, 6.07) is 9.79. The van der Waals surface area contributed by atoms with Crippen molar-refractivity contribution >= 4 is 5.65 Å². The summed E-state index contributed by atoms with van der Waals surface area (Å²) in [4.78, 5) is 16.5. The lowest BCUT2D eigenvalue weighted by Crippen LogP contribution is -1.91. The molecule has 0 aliphatic carbocycles. The van der Waals surface area contributed by atoms with Crippen molar-refractivity contribution in [2.75, 3.05) is 0 Å². The number of rotatable bonds is 3. The van der Waals surface area contributed by atoms with E-state index >= 15 is 0 Å². The summed E-state index contributed by atoms with van der Waals surface area (Å²) in [5.41, 5.74) is 2.86. The zero-order valence-corrected chi connectivity index (χ0v) is 11.5. The summed E-state index contributed by atoms with van der Waals surface area (Å²) in [5, 5.41) is 0. The molecule has 6 nitrogen and oxygen atoms in total. The number of ether oxygens (including phenoxy) is 1. The third kappa shape index (κ3) is 2.26. The smallest absolute Gasteiger partial charge is 0.321 e. The molecule has 0 N–H and O–H groups in total. The molecule has 0 unspecified atom stereocenters. The second kappa shape index (κ2) is 5.25. The van der Waals surface area contributed by atoms with Crippen LogP contribution < -0.4 is 4.74 Å². The zero-order chi connectivity index (χ0) is 14.8. The second-order valence-corrected chi connectivity index (χ2v) is 4.61. The van der Waals surface area contributed by atoms with Crippen LogP contribution in [0.2, 0.25) is 0 Å². The number of nitrogens with zero attached hydrogens (tertiary/aromatic N) is 5. The molecule has 0 radical (unpaired) electrons. The van der Waals surface area contributed by atoms with Gasteiger partial charge in [-0.25, -0.2) is 15.0 Å². The van der Waals surface area contributed by atoms with Crippen LogP contribution in [-0.2, 0) is 0 Å². The summed E-state index contributed by atoms with van der Waals surface area (Å²) in [6.45, 7) is 0. The minimum absolute atomic E-state index is 0.330. The Morgan fingerprint density at radius 3 is 2.50 bits per heavy atom. The molecule has 0 fully saturated rings. The summed E-state index contributed by atoms with van der Waals surface area (Å²) in [5.74, 6) is 0.686. The van der Waals surface area contributed by atoms with Crippen LogP contribution in [0.25, 0.3) is 16.9 Å². The number of aromatic nitrogens is 5. The molecule has 0 amide bonds. The lowest BCUT2D eigenvalue weighted by atomic mass is 10.1. The molecular weight excluding hydrogens is 278 g/mol. The molecule has 0 spiro atoms. The topological polar surface area (TPSA) is 65.2 Å². The van der Waals surface area contributed by atoms with E-state index in [2.05, 4.69) is 19.9 Å². The summed E-state index contributed by atoms with van der Waals surface area (Å²) >= 11 is 0. The molecule has 3 aromatic heterocycles. The van der Waals surface area contributed by atoms with Crippen LogP contribution in [0.1, 0.15) is 0 Å². The largest absolute Gasteiger partial charge is 0.424 e. The van der Waals surface area contributed by atoms with E-state index in [-0.39, 0.29) is 0 Å². The van der Waals surface area contributed by atoms with E-state index in [0.717, 1.165) is 16.9 Å². The average molecular weight is 289 g/mol. The SMILES string of the molecule is c1cnc(Oc2ccc(-c3cnc4cnccn34)cc2)nc1. The first-order chi connectivity index (χ1) is 10.9. The molecular formula is C16H11N5O. The highest BCUT2D eigenvalue weighted by molar-refractivity contribution is 5.63. The monoisotopic (exact) mass is 289 g/mol. The predicted octanol–water partition coefficient (Wildman–Crippen LogP) is 2.98. The molecule has 6 heteroatoms. The standard InChI is InChI=1S/C16H11N5O/c1-6-18-16(19-7-1)22-13-4-2-12(3-5-13)14-10-20-15-11-17-8-9-21(14)15/h1-11H. The van der Waals surface area contributed by atoms with Crippen LogP contribution in [0.4, 0.5) is 0 Å². The predicted molar refractivity (Wildman–Crippen MR) is 80.5 cm³/mol. The minimum Gasteiger partial charge on any atom is -0.424 e. The fraction of sp³-hybridized carbons (Fsp3) is 0. The Balaban J connectivity index is 1.64.